The van der Waals surface area contributed by atoms with Crippen LogP contribution in [0.5, 0.6) is 5.75 Å². The van der Waals surface area contributed by atoms with E-state index < -0.39 is 10.0 Å². The minimum atomic E-state index is -3.87. The first-order chi connectivity index (χ1) is 15.4. The van der Waals surface area contributed by atoms with Gasteiger partial charge in [-0.15, -0.1) is 0 Å². The lowest BCUT2D eigenvalue weighted by atomic mass is 10.2. The standard InChI is InChI=1S/C24H28N2O5S/c1-20-11-13-23(14-12-20)32(28,29)26(18-22-10-7-17-31-22)19-24(27)25-15-5-6-16-30-21-8-3-2-4-9-21/h2-4,7-14,17H,5-6,15-16,18-19H2,1H3,(H,25,27). The first-order valence-electron chi connectivity index (χ1n) is 10.5. The number of hydrogen-bond acceptors (Lipinski definition) is 5. The highest BCUT2D eigenvalue weighted by molar-refractivity contribution is 7.89. The molecule has 7 nitrogen and oxygen atoms in total. The van der Waals surface area contributed by atoms with Gasteiger partial charge in [-0.3, -0.25) is 4.79 Å². The van der Waals surface area contributed by atoms with Crippen LogP contribution >= 0.6 is 0 Å². The van der Waals surface area contributed by atoms with Crippen molar-refractivity contribution >= 4 is 15.9 Å². The molecule has 32 heavy (non-hydrogen) atoms. The van der Waals surface area contributed by atoms with Gasteiger partial charge in [-0.1, -0.05) is 35.9 Å². The molecule has 0 saturated carbocycles. The largest absolute Gasteiger partial charge is 0.494 e. The molecule has 1 N–H and O–H groups in total. The minimum Gasteiger partial charge on any atom is -0.494 e. The highest BCUT2D eigenvalue weighted by atomic mass is 32.2. The number of benzene rings is 2. The zero-order valence-electron chi connectivity index (χ0n) is 18.1. The van der Waals surface area contributed by atoms with Crippen LogP contribution in [0.4, 0.5) is 0 Å². The van der Waals surface area contributed by atoms with E-state index in [1.807, 2.05) is 37.3 Å². The number of amides is 1. The maximum absolute atomic E-state index is 13.1. The van der Waals surface area contributed by atoms with Gasteiger partial charge in [0.15, 0.2) is 0 Å². The number of para-hydroxylation sites is 1. The van der Waals surface area contributed by atoms with Crippen LogP contribution in [0, 0.1) is 6.92 Å². The minimum absolute atomic E-state index is 0.0262. The number of unbranched alkanes of at least 4 members (excludes halogenated alkanes) is 1. The average Bonchev–Trinajstić information content (AvgIpc) is 3.30. The fourth-order valence-electron chi connectivity index (χ4n) is 3.04. The van der Waals surface area contributed by atoms with Crippen LogP contribution in [-0.4, -0.2) is 38.3 Å². The van der Waals surface area contributed by atoms with Gasteiger partial charge in [0.1, 0.15) is 11.5 Å². The Hall–Kier alpha value is -3.10. The summed E-state index contributed by atoms with van der Waals surface area (Å²) in [6, 6.07) is 19.5. The second-order valence-corrected chi connectivity index (χ2v) is 9.32. The van der Waals surface area contributed by atoms with E-state index in [2.05, 4.69) is 5.32 Å². The number of carbonyl (C=O) groups excluding carboxylic acids is 1. The van der Waals surface area contributed by atoms with Crippen molar-refractivity contribution in [2.24, 2.45) is 0 Å². The molecule has 0 aliphatic rings. The van der Waals surface area contributed by atoms with Crippen LogP contribution < -0.4 is 10.1 Å². The quantitative estimate of drug-likeness (QED) is 0.419. The molecule has 2 aromatic carbocycles. The SMILES string of the molecule is Cc1ccc(S(=O)(=O)N(CC(=O)NCCCCOc2ccccc2)Cc2ccco2)cc1. The number of ether oxygens (including phenoxy) is 1. The average molecular weight is 457 g/mol. The molecule has 170 valence electrons. The normalized spacial score (nSPS) is 11.4. The van der Waals surface area contributed by atoms with Crippen molar-refractivity contribution < 1.29 is 22.4 Å². The summed E-state index contributed by atoms with van der Waals surface area (Å²) in [5.41, 5.74) is 0.954. The Morgan fingerprint density at radius 2 is 1.75 bits per heavy atom. The smallest absolute Gasteiger partial charge is 0.243 e. The summed E-state index contributed by atoms with van der Waals surface area (Å²) in [7, 11) is -3.87. The molecule has 1 aromatic heterocycles. The van der Waals surface area contributed by atoms with Crippen molar-refractivity contribution in [3.63, 3.8) is 0 Å². The van der Waals surface area contributed by atoms with E-state index in [0.29, 0.717) is 18.9 Å². The second kappa shape index (κ2) is 11.5. The lowest BCUT2D eigenvalue weighted by molar-refractivity contribution is -0.121. The van der Waals surface area contributed by atoms with Gasteiger partial charge in [0.2, 0.25) is 15.9 Å². The molecular weight excluding hydrogens is 428 g/mol. The summed E-state index contributed by atoms with van der Waals surface area (Å²) in [6.45, 7) is 2.55. The third-order valence-corrected chi connectivity index (χ3v) is 6.60. The molecule has 0 unspecified atom stereocenters. The number of nitrogens with one attached hydrogen (secondary N) is 1. The van der Waals surface area contributed by atoms with Gasteiger partial charge in [0, 0.05) is 6.54 Å². The van der Waals surface area contributed by atoms with Crippen molar-refractivity contribution in [3.8, 4) is 5.75 Å². The van der Waals surface area contributed by atoms with Crippen molar-refractivity contribution in [1.29, 1.82) is 0 Å². The van der Waals surface area contributed by atoms with Crippen LogP contribution in [0.1, 0.15) is 24.2 Å². The topological polar surface area (TPSA) is 88.9 Å². The first-order valence-corrected chi connectivity index (χ1v) is 11.9. The molecule has 0 bridgehead atoms. The van der Waals surface area contributed by atoms with E-state index in [4.69, 9.17) is 9.15 Å². The third kappa shape index (κ3) is 6.96. The van der Waals surface area contributed by atoms with Crippen molar-refractivity contribution in [2.75, 3.05) is 19.7 Å². The lowest BCUT2D eigenvalue weighted by Gasteiger charge is -2.21. The van der Waals surface area contributed by atoms with Gasteiger partial charge in [0.05, 0.1) is 30.9 Å². The zero-order valence-corrected chi connectivity index (χ0v) is 18.9. The third-order valence-electron chi connectivity index (χ3n) is 4.80. The van der Waals surface area contributed by atoms with E-state index >= 15 is 0 Å². The molecule has 1 heterocycles. The molecule has 0 saturated heterocycles. The summed E-state index contributed by atoms with van der Waals surface area (Å²) in [4.78, 5) is 12.6. The van der Waals surface area contributed by atoms with E-state index in [9.17, 15) is 13.2 Å². The molecular formula is C24H28N2O5S. The summed E-state index contributed by atoms with van der Waals surface area (Å²) < 4.78 is 38.3. The monoisotopic (exact) mass is 456 g/mol. The molecule has 0 atom stereocenters. The molecule has 0 aliphatic carbocycles. The summed E-state index contributed by atoms with van der Waals surface area (Å²) in [6.07, 6.45) is 2.97. The fraction of sp³-hybridized carbons (Fsp3) is 0.292. The molecule has 0 radical (unpaired) electrons. The van der Waals surface area contributed by atoms with Gasteiger partial charge in [0.25, 0.3) is 0 Å². The van der Waals surface area contributed by atoms with Gasteiger partial charge in [-0.25, -0.2) is 8.42 Å². The second-order valence-electron chi connectivity index (χ2n) is 7.38. The molecule has 0 fully saturated rings. The maximum atomic E-state index is 13.1. The number of carbonyl (C=O) groups is 1. The van der Waals surface area contributed by atoms with Crippen molar-refractivity contribution in [2.45, 2.75) is 31.2 Å². The molecule has 3 rings (SSSR count). The number of sulfonamides is 1. The number of furan rings is 1. The van der Waals surface area contributed by atoms with E-state index in [-0.39, 0.29) is 23.9 Å². The number of aryl methyl sites for hydroxylation is 1. The van der Waals surface area contributed by atoms with Crippen LogP contribution in [0.2, 0.25) is 0 Å². The van der Waals surface area contributed by atoms with E-state index in [0.717, 1.165) is 28.5 Å². The number of hydrogen-bond donors (Lipinski definition) is 1. The van der Waals surface area contributed by atoms with Crippen LogP contribution in [0.15, 0.2) is 82.3 Å². The van der Waals surface area contributed by atoms with Gasteiger partial charge < -0.3 is 14.5 Å². The molecule has 0 spiro atoms. The Kier molecular flexibility index (Phi) is 8.47. The highest BCUT2D eigenvalue weighted by Gasteiger charge is 2.27. The fourth-order valence-corrected chi connectivity index (χ4v) is 4.40. The number of rotatable bonds is 12. The summed E-state index contributed by atoms with van der Waals surface area (Å²) in [5.74, 6) is 0.911. The van der Waals surface area contributed by atoms with Crippen LogP contribution in [0.3, 0.4) is 0 Å². The Morgan fingerprint density at radius 1 is 1.00 bits per heavy atom. The molecule has 0 aliphatic heterocycles. The van der Waals surface area contributed by atoms with Crippen LogP contribution in [0.25, 0.3) is 0 Å². The predicted molar refractivity (Wildman–Crippen MR) is 122 cm³/mol. The molecule has 3 aromatic rings. The predicted octanol–water partition coefficient (Wildman–Crippen LogP) is 3.75. The Bertz CT molecular complexity index is 1070. The van der Waals surface area contributed by atoms with Crippen molar-refractivity contribution in [1.82, 2.24) is 9.62 Å². The van der Waals surface area contributed by atoms with Crippen LogP contribution in [-0.2, 0) is 21.4 Å². The highest BCUT2D eigenvalue weighted by Crippen LogP contribution is 2.19. The van der Waals surface area contributed by atoms with Gasteiger partial charge in [-0.05, 0) is 56.2 Å². The first kappa shape index (κ1) is 23.6. The summed E-state index contributed by atoms with van der Waals surface area (Å²) >= 11 is 0. The zero-order chi connectivity index (χ0) is 22.8. The Balaban J connectivity index is 1.52. The number of nitrogens with zero attached hydrogens (tertiary/aromatic N) is 1. The van der Waals surface area contributed by atoms with Gasteiger partial charge >= 0.3 is 0 Å². The summed E-state index contributed by atoms with van der Waals surface area (Å²) in [5, 5.41) is 2.79. The van der Waals surface area contributed by atoms with E-state index in [1.165, 1.54) is 6.26 Å². The maximum Gasteiger partial charge on any atom is 0.243 e. The Morgan fingerprint density at radius 3 is 2.44 bits per heavy atom. The van der Waals surface area contributed by atoms with Gasteiger partial charge in [-0.2, -0.15) is 4.31 Å². The van der Waals surface area contributed by atoms with E-state index in [1.54, 1.807) is 36.4 Å². The Labute approximate surface area is 189 Å². The molecule has 8 heteroatoms. The lowest BCUT2D eigenvalue weighted by Crippen LogP contribution is -2.40. The molecule has 1 amide bonds. The van der Waals surface area contributed by atoms with Crippen molar-refractivity contribution in [3.05, 3.63) is 84.3 Å².